The number of rotatable bonds is 6. The van der Waals surface area contributed by atoms with Crippen LogP contribution in [0.15, 0.2) is 72.3 Å². The summed E-state index contributed by atoms with van der Waals surface area (Å²) in [7, 11) is 0. The summed E-state index contributed by atoms with van der Waals surface area (Å²) in [5, 5.41) is 13.2. The van der Waals surface area contributed by atoms with Gasteiger partial charge in [-0.2, -0.15) is 0 Å². The van der Waals surface area contributed by atoms with Crippen LogP contribution in [0, 0.1) is 10.1 Å². The molecule has 33 heavy (non-hydrogen) atoms. The maximum atomic E-state index is 12.8. The molecule has 0 atom stereocenters. The number of hydrazine groups is 1. The van der Waals surface area contributed by atoms with Crippen LogP contribution in [-0.2, 0) is 16.2 Å². The van der Waals surface area contributed by atoms with E-state index in [-0.39, 0.29) is 28.5 Å². The number of anilines is 1. The maximum Gasteiger partial charge on any atom is 0.313 e. The molecule has 8 nitrogen and oxygen atoms in total. The van der Waals surface area contributed by atoms with Gasteiger partial charge in [-0.25, -0.2) is 5.01 Å². The van der Waals surface area contributed by atoms with Crippen molar-refractivity contribution in [3.63, 3.8) is 0 Å². The van der Waals surface area contributed by atoms with E-state index in [4.69, 9.17) is 27.9 Å². The minimum absolute atomic E-state index is 0.0341. The molecule has 0 aromatic heterocycles. The summed E-state index contributed by atoms with van der Waals surface area (Å²) in [6, 6.07) is 18.0. The highest BCUT2D eigenvalue weighted by atomic mass is 35.5. The Morgan fingerprint density at radius 3 is 2.39 bits per heavy atom. The molecule has 0 unspecified atom stereocenters. The van der Waals surface area contributed by atoms with Crippen molar-refractivity contribution in [1.29, 1.82) is 0 Å². The lowest BCUT2D eigenvalue weighted by Crippen LogP contribution is -2.35. The third-order valence-corrected chi connectivity index (χ3v) is 5.44. The van der Waals surface area contributed by atoms with E-state index >= 15 is 0 Å². The topological polar surface area (TPSA) is 102 Å². The number of hydrogen-bond donors (Lipinski definition) is 1. The van der Waals surface area contributed by atoms with Crippen molar-refractivity contribution in [3.05, 3.63) is 104 Å². The Kier molecular flexibility index (Phi) is 6.30. The Hall–Kier alpha value is -3.88. The van der Waals surface area contributed by atoms with Crippen molar-refractivity contribution in [2.75, 3.05) is 5.01 Å². The highest BCUT2D eigenvalue weighted by molar-refractivity contribution is 6.33. The molecule has 1 fully saturated rings. The van der Waals surface area contributed by atoms with Crippen LogP contribution in [0.3, 0.4) is 0 Å². The summed E-state index contributed by atoms with van der Waals surface area (Å²) in [6.45, 7) is -0.0341. The number of benzene rings is 3. The summed E-state index contributed by atoms with van der Waals surface area (Å²) in [6.07, 6.45) is 1.25. The monoisotopic (exact) mass is 483 g/mol. The van der Waals surface area contributed by atoms with E-state index in [1.165, 1.54) is 18.2 Å². The fourth-order valence-electron chi connectivity index (χ4n) is 3.21. The predicted molar refractivity (Wildman–Crippen MR) is 124 cm³/mol. The Balaban J connectivity index is 1.64. The number of amides is 2. The standard InChI is InChI=1S/C23H15Cl2N3O5/c24-18-9-5-4-6-15(18)13-33-21-19(25)11-14(12-20(21)28(31)32)10-17-22(29)26-27(23(17)30)16-7-2-1-3-8-16/h1-12H,13H2,(H,26,29)/b17-10-. The van der Waals surface area contributed by atoms with Crippen LogP contribution in [0.4, 0.5) is 11.4 Å². The quantitative estimate of drug-likeness (QED) is 0.231. The van der Waals surface area contributed by atoms with Gasteiger partial charge in [-0.1, -0.05) is 59.6 Å². The molecule has 0 aliphatic carbocycles. The average Bonchev–Trinajstić information content (AvgIpc) is 3.08. The van der Waals surface area contributed by atoms with Gasteiger partial charge in [-0.15, -0.1) is 0 Å². The van der Waals surface area contributed by atoms with Crippen molar-refractivity contribution in [3.8, 4) is 5.75 Å². The van der Waals surface area contributed by atoms with Crippen molar-refractivity contribution in [2.45, 2.75) is 6.61 Å². The lowest BCUT2D eigenvalue weighted by Gasteiger charge is -2.13. The van der Waals surface area contributed by atoms with E-state index in [1.807, 2.05) is 0 Å². The first-order chi connectivity index (χ1) is 15.8. The van der Waals surface area contributed by atoms with Gasteiger partial charge in [0, 0.05) is 16.7 Å². The van der Waals surface area contributed by atoms with Crippen LogP contribution in [0.25, 0.3) is 6.08 Å². The molecule has 10 heteroatoms. The average molecular weight is 484 g/mol. The first-order valence-electron chi connectivity index (χ1n) is 9.61. The van der Waals surface area contributed by atoms with E-state index in [9.17, 15) is 19.7 Å². The fourth-order valence-corrected chi connectivity index (χ4v) is 3.68. The van der Waals surface area contributed by atoms with Gasteiger partial charge in [0.2, 0.25) is 5.75 Å². The highest BCUT2D eigenvalue weighted by Gasteiger charge is 2.34. The number of para-hydroxylation sites is 1. The normalized spacial score (nSPS) is 14.5. The van der Waals surface area contributed by atoms with Crippen molar-refractivity contribution in [2.24, 2.45) is 0 Å². The second-order valence-corrected chi connectivity index (χ2v) is 7.78. The van der Waals surface area contributed by atoms with Gasteiger partial charge in [-0.3, -0.25) is 25.1 Å². The van der Waals surface area contributed by atoms with Gasteiger partial charge in [0.15, 0.2) is 0 Å². The second-order valence-electron chi connectivity index (χ2n) is 6.96. The van der Waals surface area contributed by atoms with Crippen molar-refractivity contribution < 1.29 is 19.2 Å². The molecule has 0 bridgehead atoms. The van der Waals surface area contributed by atoms with E-state index in [2.05, 4.69) is 5.43 Å². The van der Waals surface area contributed by atoms with Gasteiger partial charge >= 0.3 is 5.69 Å². The number of nitrogens with zero attached hydrogens (tertiary/aromatic N) is 2. The lowest BCUT2D eigenvalue weighted by molar-refractivity contribution is -0.385. The number of hydrogen-bond acceptors (Lipinski definition) is 5. The Bertz CT molecular complexity index is 1290. The summed E-state index contributed by atoms with van der Waals surface area (Å²) in [5.41, 5.74) is 3.18. The number of carbonyl (C=O) groups is 2. The molecular formula is C23H15Cl2N3O5. The van der Waals surface area contributed by atoms with Crippen molar-refractivity contribution in [1.82, 2.24) is 5.43 Å². The molecule has 0 spiro atoms. The molecule has 166 valence electrons. The fraction of sp³-hybridized carbons (Fsp3) is 0.0435. The zero-order valence-electron chi connectivity index (χ0n) is 16.8. The van der Waals surface area contributed by atoms with Crippen LogP contribution in [0.5, 0.6) is 5.75 Å². The zero-order valence-corrected chi connectivity index (χ0v) is 18.3. The maximum absolute atomic E-state index is 12.8. The summed E-state index contributed by atoms with van der Waals surface area (Å²) < 4.78 is 5.61. The van der Waals surface area contributed by atoms with Gasteiger partial charge in [0.25, 0.3) is 11.8 Å². The molecule has 4 rings (SSSR count). The third-order valence-electron chi connectivity index (χ3n) is 4.79. The molecule has 1 N–H and O–H groups in total. The summed E-state index contributed by atoms with van der Waals surface area (Å²) in [4.78, 5) is 36.2. The molecule has 1 aliphatic heterocycles. The van der Waals surface area contributed by atoms with Crippen LogP contribution < -0.4 is 15.2 Å². The first-order valence-corrected chi connectivity index (χ1v) is 10.4. The first kappa shape index (κ1) is 22.3. The zero-order chi connectivity index (χ0) is 23.5. The Labute approximate surface area is 198 Å². The lowest BCUT2D eigenvalue weighted by atomic mass is 10.1. The largest absolute Gasteiger partial charge is 0.481 e. The van der Waals surface area contributed by atoms with Gasteiger partial charge in [-0.05, 0) is 35.9 Å². The molecule has 1 saturated heterocycles. The summed E-state index contributed by atoms with van der Waals surface area (Å²) >= 11 is 12.4. The number of nitro groups is 1. The van der Waals surface area contributed by atoms with Crippen LogP contribution in [-0.4, -0.2) is 16.7 Å². The smallest absolute Gasteiger partial charge is 0.313 e. The van der Waals surface area contributed by atoms with Crippen molar-refractivity contribution >= 4 is 52.5 Å². The SMILES string of the molecule is O=C1NN(c2ccccc2)C(=O)/C1=C\c1cc(Cl)c(OCc2ccccc2Cl)c([N+](=O)[O-])c1. The number of nitro benzene ring substituents is 1. The number of nitrogens with one attached hydrogen (secondary N) is 1. The predicted octanol–water partition coefficient (Wildman–Crippen LogP) is 4.94. The summed E-state index contributed by atoms with van der Waals surface area (Å²) in [5.74, 6) is -1.37. The van der Waals surface area contributed by atoms with Crippen LogP contribution in [0.2, 0.25) is 10.0 Å². The molecule has 1 aliphatic rings. The second kappa shape index (κ2) is 9.32. The number of halogens is 2. The molecule has 1 heterocycles. The number of carbonyl (C=O) groups excluding carboxylic acids is 2. The van der Waals surface area contributed by atoms with Crippen LogP contribution in [0.1, 0.15) is 11.1 Å². The Morgan fingerprint density at radius 1 is 1.00 bits per heavy atom. The molecule has 0 saturated carbocycles. The molecule has 2 amide bonds. The molecule has 0 radical (unpaired) electrons. The molecular weight excluding hydrogens is 469 g/mol. The minimum Gasteiger partial charge on any atom is -0.481 e. The van der Waals surface area contributed by atoms with E-state index in [0.717, 1.165) is 5.01 Å². The van der Waals surface area contributed by atoms with E-state index in [0.29, 0.717) is 16.3 Å². The van der Waals surface area contributed by atoms with E-state index in [1.54, 1.807) is 54.6 Å². The molecule has 3 aromatic carbocycles. The van der Waals surface area contributed by atoms with Gasteiger partial charge < -0.3 is 4.74 Å². The minimum atomic E-state index is -0.650. The number of ether oxygens (including phenoxy) is 1. The van der Waals surface area contributed by atoms with Crippen LogP contribution >= 0.6 is 23.2 Å². The van der Waals surface area contributed by atoms with Gasteiger partial charge in [0.1, 0.15) is 12.2 Å². The highest BCUT2D eigenvalue weighted by Crippen LogP contribution is 2.38. The Morgan fingerprint density at radius 2 is 1.70 bits per heavy atom. The third kappa shape index (κ3) is 4.67. The van der Waals surface area contributed by atoms with E-state index < -0.39 is 22.4 Å². The molecule has 3 aromatic rings. The van der Waals surface area contributed by atoms with Gasteiger partial charge in [0.05, 0.1) is 15.6 Å².